The molecule has 0 rings (SSSR count). The number of nitrogens with one attached hydrogen (secondary N) is 1. The summed E-state index contributed by atoms with van der Waals surface area (Å²) in [6.07, 6.45) is 1.27. The van der Waals surface area contributed by atoms with E-state index in [1.807, 2.05) is 7.11 Å². The van der Waals surface area contributed by atoms with Gasteiger partial charge in [-0.05, 0) is 32.1 Å². The molecule has 0 aliphatic rings. The Bertz CT molecular complexity index is 87.8. The van der Waals surface area contributed by atoms with Crippen molar-refractivity contribution in [2.75, 3.05) is 13.7 Å². The van der Waals surface area contributed by atoms with E-state index >= 15 is 0 Å². The molecule has 0 atom stereocenters. The third-order valence-corrected chi connectivity index (χ3v) is 4.92. The first kappa shape index (κ1) is 10.4. The average Bonchev–Trinajstić information content (AvgIpc) is 1.89. The molecule has 0 fully saturated rings. The van der Waals surface area contributed by atoms with E-state index in [0.717, 1.165) is 10.4 Å². The highest BCUT2D eigenvalue weighted by Gasteiger charge is 2.18. The Labute approximate surface area is 68.0 Å². The highest BCUT2D eigenvalue weighted by atomic mass is 28.4. The minimum absolute atomic E-state index is 1.12. The van der Waals surface area contributed by atoms with Crippen LogP contribution in [0, 0.1) is 0 Å². The van der Waals surface area contributed by atoms with E-state index in [9.17, 15) is 0 Å². The first-order valence-electron chi connectivity index (χ1n) is 3.82. The molecular formula is C6H19NOSi2. The molecule has 0 radical (unpaired) electrons. The van der Waals surface area contributed by atoms with E-state index in [-0.39, 0.29) is 0 Å². The van der Waals surface area contributed by atoms with Crippen LogP contribution in [-0.2, 0) is 4.43 Å². The summed E-state index contributed by atoms with van der Waals surface area (Å²) in [5, 5.41) is 0. The third kappa shape index (κ3) is 5.16. The standard InChI is InChI=1S/C6H19NOSi2/c1-8-10(2,3)6-4-5-7-9/h7H,4-6H2,1-3,9H3. The van der Waals surface area contributed by atoms with Crippen molar-refractivity contribution >= 4 is 18.7 Å². The Morgan fingerprint density at radius 1 is 1.50 bits per heavy atom. The third-order valence-electron chi connectivity index (χ3n) is 1.76. The summed E-state index contributed by atoms with van der Waals surface area (Å²) in [6, 6.07) is 1.28. The van der Waals surface area contributed by atoms with Crippen LogP contribution in [0.5, 0.6) is 0 Å². The van der Waals surface area contributed by atoms with Gasteiger partial charge in [-0.2, -0.15) is 0 Å². The average molecular weight is 177 g/mol. The van der Waals surface area contributed by atoms with Gasteiger partial charge < -0.3 is 9.41 Å². The highest BCUT2D eigenvalue weighted by Crippen LogP contribution is 2.10. The fourth-order valence-electron chi connectivity index (χ4n) is 0.793. The first-order chi connectivity index (χ1) is 4.62. The molecule has 0 unspecified atom stereocenters. The summed E-state index contributed by atoms with van der Waals surface area (Å²) < 4.78 is 5.41. The normalized spacial score (nSPS) is 12.3. The van der Waals surface area contributed by atoms with Gasteiger partial charge in [0.15, 0.2) is 8.32 Å². The Balaban J connectivity index is 3.28. The predicted molar refractivity (Wildman–Crippen MR) is 51.9 cm³/mol. The molecule has 0 bridgehead atoms. The van der Waals surface area contributed by atoms with Crippen LogP contribution in [0.3, 0.4) is 0 Å². The lowest BCUT2D eigenvalue weighted by molar-refractivity contribution is 0.402. The fraction of sp³-hybridized carbons (Fsp3) is 1.00. The zero-order chi connectivity index (χ0) is 8.04. The maximum absolute atomic E-state index is 5.41. The van der Waals surface area contributed by atoms with Gasteiger partial charge in [0.1, 0.15) is 0 Å². The van der Waals surface area contributed by atoms with Crippen LogP contribution >= 0.6 is 0 Å². The zero-order valence-corrected chi connectivity index (χ0v) is 10.5. The number of hydrogen-bond donors (Lipinski definition) is 1. The van der Waals surface area contributed by atoms with Crippen molar-refractivity contribution < 1.29 is 4.43 Å². The quantitative estimate of drug-likeness (QED) is 0.475. The van der Waals surface area contributed by atoms with Crippen LogP contribution in [0.15, 0.2) is 0 Å². The van der Waals surface area contributed by atoms with Gasteiger partial charge in [-0.15, -0.1) is 0 Å². The van der Waals surface area contributed by atoms with Gasteiger partial charge in [-0.25, -0.2) is 0 Å². The van der Waals surface area contributed by atoms with Crippen molar-refractivity contribution in [2.45, 2.75) is 25.6 Å². The van der Waals surface area contributed by atoms with Gasteiger partial charge in [0.25, 0.3) is 0 Å². The van der Waals surface area contributed by atoms with Crippen LogP contribution in [-0.4, -0.2) is 32.4 Å². The molecule has 0 aliphatic carbocycles. The monoisotopic (exact) mass is 177 g/mol. The van der Waals surface area contributed by atoms with E-state index < -0.39 is 8.32 Å². The van der Waals surface area contributed by atoms with Crippen LogP contribution in [0.2, 0.25) is 19.1 Å². The van der Waals surface area contributed by atoms with E-state index in [0.29, 0.717) is 0 Å². The van der Waals surface area contributed by atoms with E-state index in [1.165, 1.54) is 19.0 Å². The molecule has 2 nitrogen and oxygen atoms in total. The molecule has 4 heteroatoms. The molecule has 62 valence electrons. The van der Waals surface area contributed by atoms with E-state index in [2.05, 4.69) is 18.1 Å². The summed E-state index contributed by atoms with van der Waals surface area (Å²) in [7, 11) is 1.71. The molecule has 0 spiro atoms. The number of hydrogen-bond acceptors (Lipinski definition) is 2. The summed E-state index contributed by atoms with van der Waals surface area (Å²) in [4.78, 5) is 3.27. The summed E-state index contributed by atoms with van der Waals surface area (Å²) in [5.74, 6) is 0. The molecular weight excluding hydrogens is 158 g/mol. The van der Waals surface area contributed by atoms with Crippen molar-refractivity contribution in [3.05, 3.63) is 0 Å². The topological polar surface area (TPSA) is 21.3 Å². The van der Waals surface area contributed by atoms with Crippen LogP contribution in [0.1, 0.15) is 6.42 Å². The molecule has 0 amide bonds. The van der Waals surface area contributed by atoms with Gasteiger partial charge in [-0.3, -0.25) is 0 Å². The summed E-state index contributed by atoms with van der Waals surface area (Å²) in [6.45, 7) is 5.70. The van der Waals surface area contributed by atoms with Crippen molar-refractivity contribution in [1.82, 2.24) is 4.98 Å². The van der Waals surface area contributed by atoms with E-state index in [1.54, 1.807) is 0 Å². The molecule has 0 aromatic heterocycles. The Morgan fingerprint density at radius 2 is 2.10 bits per heavy atom. The van der Waals surface area contributed by atoms with Crippen molar-refractivity contribution in [3.8, 4) is 0 Å². The highest BCUT2D eigenvalue weighted by molar-refractivity contribution is 6.71. The maximum Gasteiger partial charge on any atom is 0.186 e. The van der Waals surface area contributed by atoms with Gasteiger partial charge in [0.05, 0.1) is 10.4 Å². The molecule has 0 aromatic carbocycles. The Morgan fingerprint density at radius 3 is 2.50 bits per heavy atom. The van der Waals surface area contributed by atoms with Crippen LogP contribution in [0.25, 0.3) is 0 Å². The van der Waals surface area contributed by atoms with Crippen molar-refractivity contribution in [3.63, 3.8) is 0 Å². The Kier molecular flexibility index (Phi) is 5.24. The minimum Gasteiger partial charge on any atom is -0.420 e. The zero-order valence-electron chi connectivity index (χ0n) is 7.53. The smallest absolute Gasteiger partial charge is 0.186 e. The second-order valence-corrected chi connectivity index (χ2v) is 8.31. The minimum atomic E-state index is -1.24. The molecule has 0 saturated heterocycles. The van der Waals surface area contributed by atoms with Gasteiger partial charge in [0, 0.05) is 7.11 Å². The second kappa shape index (κ2) is 5.06. The van der Waals surface area contributed by atoms with Crippen molar-refractivity contribution in [1.29, 1.82) is 0 Å². The van der Waals surface area contributed by atoms with Gasteiger partial charge in [-0.1, -0.05) is 0 Å². The molecule has 0 aliphatic heterocycles. The molecule has 1 N–H and O–H groups in total. The molecule has 0 aromatic rings. The SMILES string of the molecule is CO[Si](C)(C)CCCN[SiH3]. The number of rotatable bonds is 5. The fourth-order valence-corrected chi connectivity index (χ4v) is 2.38. The molecule has 10 heavy (non-hydrogen) atoms. The summed E-state index contributed by atoms with van der Waals surface area (Å²) >= 11 is 0. The first-order valence-corrected chi connectivity index (χ1v) is 7.93. The van der Waals surface area contributed by atoms with Crippen molar-refractivity contribution in [2.24, 2.45) is 0 Å². The van der Waals surface area contributed by atoms with Crippen LogP contribution < -0.4 is 4.98 Å². The molecule has 0 saturated carbocycles. The lowest BCUT2D eigenvalue weighted by atomic mass is 10.5. The van der Waals surface area contributed by atoms with Crippen LogP contribution in [0.4, 0.5) is 0 Å². The molecule has 0 heterocycles. The van der Waals surface area contributed by atoms with Gasteiger partial charge >= 0.3 is 0 Å². The largest absolute Gasteiger partial charge is 0.420 e. The van der Waals surface area contributed by atoms with E-state index in [4.69, 9.17) is 4.43 Å². The maximum atomic E-state index is 5.41. The van der Waals surface area contributed by atoms with Gasteiger partial charge in [0.2, 0.25) is 0 Å². The predicted octanol–water partition coefficient (Wildman–Crippen LogP) is 0.0980. The lowest BCUT2D eigenvalue weighted by Gasteiger charge is -2.19. The lowest BCUT2D eigenvalue weighted by Crippen LogP contribution is -2.29. The Hall–Kier alpha value is 0.354. The summed E-state index contributed by atoms with van der Waals surface area (Å²) in [5.41, 5.74) is 0. The second-order valence-electron chi connectivity index (χ2n) is 3.17.